The summed E-state index contributed by atoms with van der Waals surface area (Å²) in [6, 6.07) is 13.4. The number of nitrogens with one attached hydrogen (secondary N) is 1. The molecule has 1 N–H and O–H groups in total. The number of hydrogen-bond acceptors (Lipinski definition) is 1. The standard InChI is InChI=1S/C13H8BrNO/c14-11-7-8-5-6-12(16)15-13(8)10-4-2-1-3-9(10)11/h1-7H,(H,15,16). The van der Waals surface area contributed by atoms with Crippen molar-refractivity contribution in [1.82, 2.24) is 4.98 Å². The first-order chi connectivity index (χ1) is 7.75. The molecule has 0 radical (unpaired) electrons. The van der Waals surface area contributed by atoms with E-state index < -0.39 is 0 Å². The Morgan fingerprint density at radius 3 is 2.56 bits per heavy atom. The van der Waals surface area contributed by atoms with Crippen molar-refractivity contribution in [2.45, 2.75) is 0 Å². The predicted octanol–water partition coefficient (Wildman–Crippen LogP) is 3.44. The molecule has 2 nitrogen and oxygen atoms in total. The van der Waals surface area contributed by atoms with Gasteiger partial charge in [-0.1, -0.05) is 40.2 Å². The summed E-state index contributed by atoms with van der Waals surface area (Å²) in [5.74, 6) is 0. The van der Waals surface area contributed by atoms with Gasteiger partial charge in [0.15, 0.2) is 0 Å². The van der Waals surface area contributed by atoms with Gasteiger partial charge in [0.25, 0.3) is 0 Å². The van der Waals surface area contributed by atoms with Gasteiger partial charge in [0.1, 0.15) is 0 Å². The Morgan fingerprint density at radius 2 is 1.75 bits per heavy atom. The van der Waals surface area contributed by atoms with Crippen molar-refractivity contribution in [2.24, 2.45) is 0 Å². The molecule has 0 atom stereocenters. The second-order valence-electron chi connectivity index (χ2n) is 3.69. The maximum atomic E-state index is 11.3. The van der Waals surface area contributed by atoms with Crippen molar-refractivity contribution in [3.8, 4) is 0 Å². The Bertz CT molecular complexity index is 746. The lowest BCUT2D eigenvalue weighted by molar-refractivity contribution is 1.32. The molecule has 1 aromatic heterocycles. The van der Waals surface area contributed by atoms with Gasteiger partial charge in [0.05, 0.1) is 5.52 Å². The van der Waals surface area contributed by atoms with E-state index in [-0.39, 0.29) is 5.56 Å². The Hall–Kier alpha value is -1.61. The van der Waals surface area contributed by atoms with Crippen LogP contribution in [0.3, 0.4) is 0 Å². The number of benzene rings is 2. The molecule has 3 rings (SSSR count). The quantitative estimate of drug-likeness (QED) is 0.626. The highest BCUT2D eigenvalue weighted by Gasteiger charge is 2.04. The SMILES string of the molecule is O=c1ccc2cc(Br)c3ccccc3c2[nH]1. The average molecular weight is 274 g/mol. The molecule has 0 amide bonds. The van der Waals surface area contributed by atoms with Gasteiger partial charge in [0, 0.05) is 15.9 Å². The third kappa shape index (κ3) is 1.36. The van der Waals surface area contributed by atoms with E-state index >= 15 is 0 Å². The van der Waals surface area contributed by atoms with Crippen LogP contribution in [0.5, 0.6) is 0 Å². The highest BCUT2D eigenvalue weighted by molar-refractivity contribution is 9.10. The van der Waals surface area contributed by atoms with Crippen molar-refractivity contribution in [3.05, 3.63) is 57.3 Å². The first kappa shape index (κ1) is 9.60. The zero-order valence-corrected chi connectivity index (χ0v) is 9.91. The monoisotopic (exact) mass is 273 g/mol. The number of rotatable bonds is 0. The minimum Gasteiger partial charge on any atom is -0.321 e. The summed E-state index contributed by atoms with van der Waals surface area (Å²) >= 11 is 3.54. The summed E-state index contributed by atoms with van der Waals surface area (Å²) in [4.78, 5) is 14.2. The van der Waals surface area contributed by atoms with E-state index in [0.717, 1.165) is 26.1 Å². The fourth-order valence-electron chi connectivity index (χ4n) is 1.95. The van der Waals surface area contributed by atoms with Gasteiger partial charge in [0.2, 0.25) is 5.56 Å². The van der Waals surface area contributed by atoms with Gasteiger partial charge >= 0.3 is 0 Å². The molecule has 0 saturated carbocycles. The van der Waals surface area contributed by atoms with Crippen LogP contribution in [-0.2, 0) is 0 Å². The van der Waals surface area contributed by atoms with E-state index in [1.165, 1.54) is 0 Å². The highest BCUT2D eigenvalue weighted by Crippen LogP contribution is 2.29. The maximum Gasteiger partial charge on any atom is 0.248 e. The molecule has 3 heteroatoms. The minimum atomic E-state index is -0.0695. The van der Waals surface area contributed by atoms with Crippen molar-refractivity contribution in [1.29, 1.82) is 0 Å². The Morgan fingerprint density at radius 1 is 1.00 bits per heavy atom. The van der Waals surface area contributed by atoms with Crippen molar-refractivity contribution >= 4 is 37.6 Å². The summed E-state index contributed by atoms with van der Waals surface area (Å²) < 4.78 is 1.04. The van der Waals surface area contributed by atoms with Gasteiger partial charge in [-0.05, 0) is 22.9 Å². The Labute approximate surface area is 100 Å². The van der Waals surface area contributed by atoms with Gasteiger partial charge < -0.3 is 4.98 Å². The van der Waals surface area contributed by atoms with Crippen molar-refractivity contribution in [3.63, 3.8) is 0 Å². The van der Waals surface area contributed by atoms with E-state index in [2.05, 4.69) is 20.9 Å². The van der Waals surface area contributed by atoms with Crippen LogP contribution in [0.15, 0.2) is 51.7 Å². The first-order valence-corrected chi connectivity index (χ1v) is 5.75. The van der Waals surface area contributed by atoms with Crippen LogP contribution < -0.4 is 5.56 Å². The summed E-state index contributed by atoms with van der Waals surface area (Å²) in [5, 5.41) is 3.20. The Kier molecular flexibility index (Phi) is 2.07. The number of aromatic nitrogens is 1. The van der Waals surface area contributed by atoms with Crippen LogP contribution in [-0.4, -0.2) is 4.98 Å². The molecule has 0 fully saturated rings. The lowest BCUT2D eigenvalue weighted by atomic mass is 10.1. The molecule has 0 aliphatic heterocycles. The normalized spacial score (nSPS) is 11.1. The Balaban J connectivity index is 2.66. The molecular formula is C13H8BrNO. The molecule has 0 bridgehead atoms. The second kappa shape index (κ2) is 3.46. The number of halogens is 1. The van der Waals surface area contributed by atoms with Gasteiger partial charge in [-0.2, -0.15) is 0 Å². The summed E-state index contributed by atoms with van der Waals surface area (Å²) in [6.45, 7) is 0. The number of aromatic amines is 1. The molecule has 78 valence electrons. The number of pyridine rings is 1. The van der Waals surface area contributed by atoms with Crippen LogP contribution in [0.2, 0.25) is 0 Å². The van der Waals surface area contributed by atoms with Crippen LogP contribution in [0.1, 0.15) is 0 Å². The first-order valence-electron chi connectivity index (χ1n) is 4.96. The largest absolute Gasteiger partial charge is 0.321 e. The zero-order chi connectivity index (χ0) is 11.1. The number of hydrogen-bond donors (Lipinski definition) is 1. The number of fused-ring (bicyclic) bond motifs is 3. The van der Waals surface area contributed by atoms with E-state index in [4.69, 9.17) is 0 Å². The third-order valence-corrected chi connectivity index (χ3v) is 3.34. The van der Waals surface area contributed by atoms with Crippen LogP contribution in [0.25, 0.3) is 21.7 Å². The fourth-order valence-corrected chi connectivity index (χ4v) is 2.54. The lowest BCUT2D eigenvalue weighted by Crippen LogP contribution is -2.02. The molecule has 16 heavy (non-hydrogen) atoms. The van der Waals surface area contributed by atoms with E-state index in [1.807, 2.05) is 36.4 Å². The molecule has 0 aliphatic carbocycles. The average Bonchev–Trinajstić information content (AvgIpc) is 2.31. The summed E-state index contributed by atoms with van der Waals surface area (Å²) in [7, 11) is 0. The van der Waals surface area contributed by atoms with Gasteiger partial charge in [-0.15, -0.1) is 0 Å². The predicted molar refractivity (Wildman–Crippen MR) is 69.8 cm³/mol. The highest BCUT2D eigenvalue weighted by atomic mass is 79.9. The third-order valence-electron chi connectivity index (χ3n) is 2.69. The molecule has 0 aliphatic rings. The van der Waals surface area contributed by atoms with Crippen molar-refractivity contribution in [2.75, 3.05) is 0 Å². The fraction of sp³-hybridized carbons (Fsp3) is 0. The summed E-state index contributed by atoms with van der Waals surface area (Å²) in [6.07, 6.45) is 0. The maximum absolute atomic E-state index is 11.3. The van der Waals surface area contributed by atoms with Crippen molar-refractivity contribution < 1.29 is 0 Å². The van der Waals surface area contributed by atoms with Gasteiger partial charge in [-0.3, -0.25) is 4.79 Å². The topological polar surface area (TPSA) is 32.9 Å². The molecule has 1 heterocycles. The molecule has 0 saturated heterocycles. The van der Waals surface area contributed by atoms with E-state index in [0.29, 0.717) is 0 Å². The van der Waals surface area contributed by atoms with Crippen LogP contribution in [0, 0.1) is 0 Å². The number of H-pyrrole nitrogens is 1. The molecule has 3 aromatic rings. The van der Waals surface area contributed by atoms with Gasteiger partial charge in [-0.25, -0.2) is 0 Å². The molecule has 0 unspecified atom stereocenters. The minimum absolute atomic E-state index is 0.0695. The van der Waals surface area contributed by atoms with E-state index in [1.54, 1.807) is 6.07 Å². The van der Waals surface area contributed by atoms with E-state index in [9.17, 15) is 4.79 Å². The summed E-state index contributed by atoms with van der Waals surface area (Å²) in [5.41, 5.74) is 0.825. The molecule has 2 aromatic carbocycles. The second-order valence-corrected chi connectivity index (χ2v) is 4.55. The lowest BCUT2D eigenvalue weighted by Gasteiger charge is -2.05. The zero-order valence-electron chi connectivity index (χ0n) is 8.33. The smallest absolute Gasteiger partial charge is 0.248 e. The molecular weight excluding hydrogens is 266 g/mol. The molecule has 0 spiro atoms. The van der Waals surface area contributed by atoms with Crippen LogP contribution in [0.4, 0.5) is 0 Å². The van der Waals surface area contributed by atoms with Crippen LogP contribution >= 0.6 is 15.9 Å².